The van der Waals surface area contributed by atoms with Gasteiger partial charge in [0, 0.05) is 0 Å². The van der Waals surface area contributed by atoms with Crippen molar-refractivity contribution in [1.82, 2.24) is 0 Å². The number of phenolic OH excluding ortho intramolecular Hbond substituents is 4. The molecule has 0 fully saturated rings. The summed E-state index contributed by atoms with van der Waals surface area (Å²) in [7, 11) is 0. The molecular weight excluding hydrogens is 336 g/mol. The monoisotopic (exact) mass is 348 g/mol. The Morgan fingerprint density at radius 2 is 1.00 bits per heavy atom. The molecule has 0 saturated heterocycles. The van der Waals surface area contributed by atoms with E-state index in [2.05, 4.69) is 0 Å². The van der Waals surface area contributed by atoms with Gasteiger partial charge in [-0.3, -0.25) is 0 Å². The molecule has 0 amide bonds. The quantitative estimate of drug-likeness (QED) is 0.462. The SMILES string of the molecule is Oc1ccc([Te]c2ccc(O)c(O)c2)cc1O. The average Bonchev–Trinajstić information content (AvgIpc) is 2.29. The van der Waals surface area contributed by atoms with Gasteiger partial charge in [0.2, 0.25) is 0 Å². The van der Waals surface area contributed by atoms with E-state index < -0.39 is 20.9 Å². The zero-order valence-electron chi connectivity index (χ0n) is 8.66. The van der Waals surface area contributed by atoms with Crippen molar-refractivity contribution in [3.8, 4) is 23.0 Å². The van der Waals surface area contributed by atoms with Gasteiger partial charge in [0.25, 0.3) is 0 Å². The third-order valence-electron chi connectivity index (χ3n) is 2.13. The van der Waals surface area contributed by atoms with Crippen LogP contribution in [0.25, 0.3) is 0 Å². The van der Waals surface area contributed by atoms with Crippen LogP contribution in [0.15, 0.2) is 36.4 Å². The first-order chi connectivity index (χ1) is 8.06. The second kappa shape index (κ2) is 4.74. The second-order valence-electron chi connectivity index (χ2n) is 3.40. The normalized spacial score (nSPS) is 10.4. The van der Waals surface area contributed by atoms with Crippen molar-refractivity contribution < 1.29 is 20.4 Å². The van der Waals surface area contributed by atoms with Crippen molar-refractivity contribution in [2.24, 2.45) is 0 Å². The number of hydrogen-bond acceptors (Lipinski definition) is 4. The maximum absolute atomic E-state index is 9.36. The van der Waals surface area contributed by atoms with Crippen molar-refractivity contribution in [2.45, 2.75) is 0 Å². The fraction of sp³-hybridized carbons (Fsp3) is 0. The van der Waals surface area contributed by atoms with E-state index in [1.54, 1.807) is 12.1 Å². The topological polar surface area (TPSA) is 80.9 Å². The number of rotatable bonds is 2. The molecule has 88 valence electrons. The molecule has 5 heteroatoms. The molecule has 0 bridgehead atoms. The van der Waals surface area contributed by atoms with E-state index in [0.717, 1.165) is 7.22 Å². The second-order valence-corrected chi connectivity index (χ2v) is 6.68. The van der Waals surface area contributed by atoms with Gasteiger partial charge in [0.1, 0.15) is 0 Å². The van der Waals surface area contributed by atoms with E-state index in [9.17, 15) is 20.4 Å². The van der Waals surface area contributed by atoms with Gasteiger partial charge in [-0.05, 0) is 0 Å². The minimum absolute atomic E-state index is 0.143. The van der Waals surface area contributed by atoms with Crippen LogP contribution in [0.1, 0.15) is 0 Å². The third-order valence-corrected chi connectivity index (χ3v) is 4.92. The summed E-state index contributed by atoms with van der Waals surface area (Å²) in [5.41, 5.74) is 0. The minimum atomic E-state index is -0.765. The molecule has 2 aromatic rings. The van der Waals surface area contributed by atoms with Gasteiger partial charge in [0.05, 0.1) is 0 Å². The van der Waals surface area contributed by atoms with Crippen molar-refractivity contribution in [3.63, 3.8) is 0 Å². The number of benzene rings is 2. The van der Waals surface area contributed by atoms with Crippen LogP contribution in [0.3, 0.4) is 0 Å². The van der Waals surface area contributed by atoms with Crippen LogP contribution in [0.2, 0.25) is 0 Å². The molecule has 2 rings (SSSR count). The van der Waals surface area contributed by atoms with Crippen LogP contribution in [0.4, 0.5) is 0 Å². The van der Waals surface area contributed by atoms with Crippen LogP contribution < -0.4 is 7.22 Å². The molecule has 2 aromatic carbocycles. The summed E-state index contributed by atoms with van der Waals surface area (Å²) in [4.78, 5) is 0. The van der Waals surface area contributed by atoms with Gasteiger partial charge in [-0.1, -0.05) is 0 Å². The summed E-state index contributed by atoms with van der Waals surface area (Å²) in [6, 6.07) is 9.39. The molecule has 0 radical (unpaired) electrons. The third kappa shape index (κ3) is 2.76. The summed E-state index contributed by atoms with van der Waals surface area (Å²) < 4.78 is 1.85. The Labute approximate surface area is 108 Å². The van der Waals surface area contributed by atoms with Gasteiger partial charge >= 0.3 is 108 Å². The summed E-state index contributed by atoms with van der Waals surface area (Å²) >= 11 is -0.765. The predicted octanol–water partition coefficient (Wildman–Crippen LogP) is 0.164. The Balaban J connectivity index is 2.25. The summed E-state index contributed by atoms with van der Waals surface area (Å²) in [6.45, 7) is 0. The van der Waals surface area contributed by atoms with Crippen LogP contribution in [0, 0.1) is 0 Å². The first-order valence-electron chi connectivity index (χ1n) is 4.78. The van der Waals surface area contributed by atoms with Crippen molar-refractivity contribution in [1.29, 1.82) is 0 Å². The summed E-state index contributed by atoms with van der Waals surface area (Å²) in [6.07, 6.45) is 0. The Morgan fingerprint density at radius 1 is 0.588 bits per heavy atom. The van der Waals surface area contributed by atoms with Crippen molar-refractivity contribution in [2.75, 3.05) is 0 Å². The van der Waals surface area contributed by atoms with Gasteiger partial charge in [0.15, 0.2) is 0 Å². The van der Waals surface area contributed by atoms with Crippen LogP contribution in [0.5, 0.6) is 23.0 Å². The van der Waals surface area contributed by atoms with Crippen LogP contribution >= 0.6 is 0 Å². The zero-order chi connectivity index (χ0) is 12.4. The number of aromatic hydroxyl groups is 4. The Hall–Kier alpha value is -1.57. The Kier molecular flexibility index (Phi) is 3.32. The average molecular weight is 346 g/mol. The molecule has 0 atom stereocenters. The number of hydrogen-bond donors (Lipinski definition) is 4. The predicted molar refractivity (Wildman–Crippen MR) is 64.6 cm³/mol. The van der Waals surface area contributed by atoms with Gasteiger partial charge in [-0.2, -0.15) is 0 Å². The van der Waals surface area contributed by atoms with E-state index >= 15 is 0 Å². The van der Waals surface area contributed by atoms with E-state index in [0.29, 0.717) is 0 Å². The Morgan fingerprint density at radius 3 is 1.35 bits per heavy atom. The first-order valence-corrected chi connectivity index (χ1v) is 7.11. The Bertz CT molecular complexity index is 505. The fourth-order valence-corrected chi connectivity index (χ4v) is 3.80. The maximum atomic E-state index is 9.36. The van der Waals surface area contributed by atoms with Gasteiger partial charge in [-0.25, -0.2) is 0 Å². The molecule has 0 heterocycles. The molecule has 17 heavy (non-hydrogen) atoms. The molecule has 0 aliphatic heterocycles. The standard InChI is InChI=1S/C12H10O4Te/c13-9-3-1-7(5-11(9)15)17-8-2-4-10(14)12(16)6-8/h1-6,13-16H. The van der Waals surface area contributed by atoms with E-state index in [1.807, 2.05) is 0 Å². The fourth-order valence-electron chi connectivity index (χ4n) is 1.27. The molecule has 0 spiro atoms. The molecule has 0 aliphatic carbocycles. The van der Waals surface area contributed by atoms with E-state index in [4.69, 9.17) is 0 Å². The molecule has 0 aliphatic rings. The van der Waals surface area contributed by atoms with Crippen molar-refractivity contribution in [3.05, 3.63) is 36.4 Å². The molecule has 0 saturated carbocycles. The summed E-state index contributed by atoms with van der Waals surface area (Å²) in [5.74, 6) is -0.573. The van der Waals surface area contributed by atoms with Crippen LogP contribution in [-0.4, -0.2) is 41.3 Å². The number of phenols is 4. The summed E-state index contributed by atoms with van der Waals surface area (Å²) in [5, 5.41) is 37.1. The molecule has 4 N–H and O–H groups in total. The molecule has 0 aromatic heterocycles. The zero-order valence-corrected chi connectivity index (χ0v) is 11.0. The first kappa shape index (κ1) is 11.9. The molecular formula is C12H10O4Te. The molecule has 4 nitrogen and oxygen atoms in total. The van der Waals surface area contributed by atoms with Crippen LogP contribution in [-0.2, 0) is 0 Å². The van der Waals surface area contributed by atoms with E-state index in [1.165, 1.54) is 24.3 Å². The van der Waals surface area contributed by atoms with Gasteiger partial charge in [-0.15, -0.1) is 0 Å². The van der Waals surface area contributed by atoms with Crippen molar-refractivity contribution >= 4 is 28.1 Å². The van der Waals surface area contributed by atoms with Gasteiger partial charge < -0.3 is 0 Å². The molecule has 0 unspecified atom stereocenters. The van der Waals surface area contributed by atoms with E-state index in [-0.39, 0.29) is 23.0 Å².